The average Bonchev–Trinajstić information content (AvgIpc) is 2.52. The predicted octanol–water partition coefficient (Wildman–Crippen LogP) is 1.45. The number of carboxylic acid groups (broad SMARTS) is 1. The Morgan fingerprint density at radius 3 is 2.72 bits per heavy atom. The smallest absolute Gasteiger partial charge is 0.355 e. The van der Waals surface area contributed by atoms with Gasteiger partial charge in [0, 0.05) is 26.1 Å². The standard InChI is InChI=1S/C12H14N2O3S/c1-8-10(6-4-5-7-18-9(2)15)11(12(16)17)14(3)13-8/h5,7H2,1-3H3,(H,16,17). The molecule has 96 valence electrons. The second-order valence-corrected chi connectivity index (χ2v) is 4.90. The number of nitrogens with zero attached hydrogens (tertiary/aromatic N) is 2. The average molecular weight is 266 g/mol. The number of carbonyl (C=O) groups is 2. The zero-order valence-corrected chi connectivity index (χ0v) is 11.3. The summed E-state index contributed by atoms with van der Waals surface area (Å²) in [7, 11) is 1.58. The van der Waals surface area contributed by atoms with E-state index in [4.69, 9.17) is 5.11 Å². The van der Waals surface area contributed by atoms with Crippen LogP contribution in [0.5, 0.6) is 0 Å². The predicted molar refractivity (Wildman–Crippen MR) is 69.5 cm³/mol. The fourth-order valence-electron chi connectivity index (χ4n) is 1.45. The molecule has 5 nitrogen and oxygen atoms in total. The maximum atomic E-state index is 11.1. The number of rotatable bonds is 3. The molecule has 0 amide bonds. The highest BCUT2D eigenvalue weighted by molar-refractivity contribution is 8.13. The molecule has 0 unspecified atom stereocenters. The third-order valence-electron chi connectivity index (χ3n) is 2.17. The second-order valence-electron chi connectivity index (χ2n) is 3.63. The highest BCUT2D eigenvalue weighted by Gasteiger charge is 2.17. The molecule has 1 aromatic heterocycles. The number of carbonyl (C=O) groups excluding carboxylic acids is 1. The van der Waals surface area contributed by atoms with E-state index in [1.165, 1.54) is 23.4 Å². The Kier molecular flexibility index (Phi) is 4.98. The highest BCUT2D eigenvalue weighted by atomic mass is 32.2. The number of hydrogen-bond acceptors (Lipinski definition) is 4. The van der Waals surface area contributed by atoms with E-state index in [0.29, 0.717) is 23.4 Å². The minimum Gasteiger partial charge on any atom is -0.476 e. The first-order valence-electron chi connectivity index (χ1n) is 5.32. The van der Waals surface area contributed by atoms with Crippen LogP contribution in [0.25, 0.3) is 0 Å². The Balaban J connectivity index is 2.81. The zero-order valence-electron chi connectivity index (χ0n) is 10.5. The van der Waals surface area contributed by atoms with Crippen molar-refractivity contribution in [3.8, 4) is 11.8 Å². The molecule has 0 aliphatic carbocycles. The zero-order chi connectivity index (χ0) is 13.7. The van der Waals surface area contributed by atoms with E-state index in [1.807, 2.05) is 0 Å². The summed E-state index contributed by atoms with van der Waals surface area (Å²) in [5.74, 6) is 5.26. The Morgan fingerprint density at radius 1 is 1.50 bits per heavy atom. The maximum Gasteiger partial charge on any atom is 0.355 e. The number of aromatic nitrogens is 2. The summed E-state index contributed by atoms with van der Waals surface area (Å²) in [6.07, 6.45) is 0.539. The van der Waals surface area contributed by atoms with Gasteiger partial charge in [0.1, 0.15) is 0 Å². The molecule has 6 heteroatoms. The molecule has 0 aliphatic heterocycles. The molecule has 1 rings (SSSR count). The van der Waals surface area contributed by atoms with Crippen LogP contribution < -0.4 is 0 Å². The van der Waals surface area contributed by atoms with Gasteiger partial charge in [-0.3, -0.25) is 9.48 Å². The lowest BCUT2D eigenvalue weighted by Crippen LogP contribution is -2.07. The third-order valence-corrected chi connectivity index (χ3v) is 2.99. The molecule has 1 heterocycles. The van der Waals surface area contributed by atoms with Gasteiger partial charge in [-0.15, -0.1) is 0 Å². The van der Waals surface area contributed by atoms with Crippen molar-refractivity contribution in [2.75, 3.05) is 5.75 Å². The summed E-state index contributed by atoms with van der Waals surface area (Å²) in [5.41, 5.74) is 1.14. The second kappa shape index (κ2) is 6.26. The number of thioether (sulfide) groups is 1. The Morgan fingerprint density at radius 2 is 2.17 bits per heavy atom. The molecule has 0 fully saturated rings. The highest BCUT2D eigenvalue weighted by Crippen LogP contribution is 2.11. The molecule has 0 saturated carbocycles. The normalized spacial score (nSPS) is 9.72. The van der Waals surface area contributed by atoms with Crippen LogP contribution in [0.3, 0.4) is 0 Å². The summed E-state index contributed by atoms with van der Waals surface area (Å²) < 4.78 is 1.31. The largest absolute Gasteiger partial charge is 0.476 e. The lowest BCUT2D eigenvalue weighted by Gasteiger charge is -1.94. The molecule has 1 N–H and O–H groups in total. The van der Waals surface area contributed by atoms with E-state index in [2.05, 4.69) is 16.9 Å². The fraction of sp³-hybridized carbons (Fsp3) is 0.417. The van der Waals surface area contributed by atoms with E-state index < -0.39 is 5.97 Å². The SMILES string of the molecule is CC(=O)SCCC#Cc1c(C)nn(C)c1C(=O)O. The van der Waals surface area contributed by atoms with Crippen LogP contribution in [-0.4, -0.2) is 31.7 Å². The van der Waals surface area contributed by atoms with Gasteiger partial charge in [-0.05, 0) is 6.92 Å². The van der Waals surface area contributed by atoms with E-state index in [0.717, 1.165) is 0 Å². The van der Waals surface area contributed by atoms with E-state index in [1.54, 1.807) is 14.0 Å². The van der Waals surface area contributed by atoms with E-state index in [-0.39, 0.29) is 10.8 Å². The van der Waals surface area contributed by atoms with E-state index >= 15 is 0 Å². The quantitative estimate of drug-likeness (QED) is 0.662. The first-order valence-corrected chi connectivity index (χ1v) is 6.31. The lowest BCUT2D eigenvalue weighted by atomic mass is 10.2. The van der Waals surface area contributed by atoms with Gasteiger partial charge in [0.2, 0.25) is 0 Å². The van der Waals surface area contributed by atoms with Crippen LogP contribution in [0.2, 0.25) is 0 Å². The maximum absolute atomic E-state index is 11.1. The molecule has 1 aromatic rings. The minimum atomic E-state index is -1.04. The van der Waals surface area contributed by atoms with Crippen molar-refractivity contribution in [3.63, 3.8) is 0 Å². The van der Waals surface area contributed by atoms with Gasteiger partial charge < -0.3 is 5.11 Å². The van der Waals surface area contributed by atoms with Crippen LogP contribution >= 0.6 is 11.8 Å². The molecule has 0 atom stereocenters. The summed E-state index contributed by atoms with van der Waals surface area (Å²) in [6, 6.07) is 0. The topological polar surface area (TPSA) is 72.2 Å². The summed E-state index contributed by atoms with van der Waals surface area (Å²) in [5, 5.41) is 13.1. The molecule has 0 aromatic carbocycles. The number of hydrogen-bond donors (Lipinski definition) is 1. The minimum absolute atomic E-state index is 0.0561. The molecule has 0 saturated heterocycles. The molecular weight excluding hydrogens is 252 g/mol. The summed E-state index contributed by atoms with van der Waals surface area (Å²) >= 11 is 1.21. The van der Waals surface area contributed by atoms with Crippen LogP contribution in [0.4, 0.5) is 0 Å². The van der Waals surface area contributed by atoms with Gasteiger partial charge in [0.05, 0.1) is 11.3 Å². The van der Waals surface area contributed by atoms with Crippen molar-refractivity contribution < 1.29 is 14.7 Å². The van der Waals surface area contributed by atoms with Gasteiger partial charge in [0.25, 0.3) is 0 Å². The number of carboxylic acids is 1. The van der Waals surface area contributed by atoms with Crippen molar-refractivity contribution in [1.82, 2.24) is 9.78 Å². The summed E-state index contributed by atoms with van der Waals surface area (Å²) in [6.45, 7) is 3.23. The van der Waals surface area contributed by atoms with Crippen LogP contribution in [-0.2, 0) is 11.8 Å². The molecule has 0 radical (unpaired) electrons. The summed E-state index contributed by atoms with van der Waals surface area (Å²) in [4.78, 5) is 21.8. The molecule has 18 heavy (non-hydrogen) atoms. The van der Waals surface area contributed by atoms with Gasteiger partial charge in [0.15, 0.2) is 10.8 Å². The lowest BCUT2D eigenvalue weighted by molar-refractivity contribution is -0.109. The Bertz CT molecular complexity index is 537. The van der Waals surface area contributed by atoms with Crippen molar-refractivity contribution in [1.29, 1.82) is 0 Å². The molecule has 0 spiro atoms. The number of aryl methyl sites for hydroxylation is 2. The Hall–Kier alpha value is -1.74. The monoisotopic (exact) mass is 266 g/mol. The van der Waals surface area contributed by atoms with E-state index in [9.17, 15) is 9.59 Å². The van der Waals surface area contributed by atoms with Crippen molar-refractivity contribution in [3.05, 3.63) is 17.0 Å². The Labute approximate surface area is 110 Å². The van der Waals surface area contributed by atoms with Crippen LogP contribution in [0.15, 0.2) is 0 Å². The first-order chi connectivity index (χ1) is 8.43. The van der Waals surface area contributed by atoms with Gasteiger partial charge in [-0.25, -0.2) is 4.79 Å². The van der Waals surface area contributed by atoms with Gasteiger partial charge >= 0.3 is 5.97 Å². The molecular formula is C12H14N2O3S. The molecule has 0 bridgehead atoms. The van der Waals surface area contributed by atoms with Crippen molar-refractivity contribution in [2.24, 2.45) is 7.05 Å². The third kappa shape index (κ3) is 3.64. The van der Waals surface area contributed by atoms with Gasteiger partial charge in [-0.2, -0.15) is 5.10 Å². The first kappa shape index (κ1) is 14.3. The number of aromatic carboxylic acids is 1. The van der Waals surface area contributed by atoms with Crippen molar-refractivity contribution in [2.45, 2.75) is 20.3 Å². The molecule has 0 aliphatic rings. The van der Waals surface area contributed by atoms with Gasteiger partial charge in [-0.1, -0.05) is 23.6 Å². The van der Waals surface area contributed by atoms with Crippen LogP contribution in [0.1, 0.15) is 35.1 Å². The van der Waals surface area contributed by atoms with Crippen LogP contribution in [0, 0.1) is 18.8 Å². The fourth-order valence-corrected chi connectivity index (χ4v) is 1.94. The van der Waals surface area contributed by atoms with Crippen molar-refractivity contribution >= 4 is 22.8 Å².